The lowest BCUT2D eigenvalue weighted by Crippen LogP contribution is -2.56. The van der Waals surface area contributed by atoms with Gasteiger partial charge in [0.15, 0.2) is 5.82 Å². The van der Waals surface area contributed by atoms with Gasteiger partial charge in [0.2, 0.25) is 23.6 Å². The van der Waals surface area contributed by atoms with Crippen LogP contribution in [-0.2, 0) is 31.0 Å². The number of amides is 5. The lowest BCUT2D eigenvalue weighted by Gasteiger charge is -2.32. The summed E-state index contributed by atoms with van der Waals surface area (Å²) in [6, 6.07) is 14.6. The molecule has 4 atom stereocenters. The Morgan fingerprint density at radius 1 is 0.970 bits per heavy atom. The number of nitrogens with zero attached hydrogens (tertiary/aromatic N) is 4. The number of hydrogen-bond donors (Lipinski definition) is 7. The van der Waals surface area contributed by atoms with Crippen LogP contribution in [0.3, 0.4) is 0 Å². The fourth-order valence-corrected chi connectivity index (χ4v) is 8.27. The van der Waals surface area contributed by atoms with Crippen LogP contribution in [0, 0.1) is 25.2 Å². The normalized spacial score (nSPS) is 18.4. The predicted molar refractivity (Wildman–Crippen MR) is 248 cm³/mol. The lowest BCUT2D eigenvalue weighted by molar-refractivity contribution is -0.141. The number of aryl methyl sites for hydroxylation is 2. The molecule has 0 radical (unpaired) electrons. The van der Waals surface area contributed by atoms with Crippen LogP contribution in [0.1, 0.15) is 91.4 Å². The summed E-state index contributed by atoms with van der Waals surface area (Å²) in [5.74, 6) is -2.62. The molecule has 1 fully saturated rings. The molecule has 2 aliphatic heterocycles. The third kappa shape index (κ3) is 11.3. The van der Waals surface area contributed by atoms with Crippen molar-refractivity contribution in [3.8, 4) is 40.1 Å². The van der Waals surface area contributed by atoms with Crippen molar-refractivity contribution >= 4 is 29.5 Å². The van der Waals surface area contributed by atoms with E-state index in [1.807, 2.05) is 30.3 Å². The summed E-state index contributed by atoms with van der Waals surface area (Å²) in [5, 5.41) is 34.7. The quantitative estimate of drug-likeness (QED) is 0.107. The van der Waals surface area contributed by atoms with Crippen LogP contribution < -0.4 is 37.1 Å². The number of ether oxygens (including phenoxy) is 1. The largest absolute Gasteiger partial charge is 0.507 e. The number of benzene rings is 3. The Kier molecular flexibility index (Phi) is 15.4. The highest BCUT2D eigenvalue weighted by Gasteiger charge is 2.36. The summed E-state index contributed by atoms with van der Waals surface area (Å²) in [5.41, 5.74) is 10.5. The summed E-state index contributed by atoms with van der Waals surface area (Å²) < 4.78 is 6.53. The number of fused-ring (bicyclic) bond motifs is 5. The van der Waals surface area contributed by atoms with E-state index in [4.69, 9.17) is 10.5 Å². The minimum absolute atomic E-state index is 0.000363. The fraction of sp³-hybridized carbons (Fsp3) is 0.429. The molecule has 3 aromatic carbocycles. The van der Waals surface area contributed by atoms with Crippen molar-refractivity contribution < 1.29 is 33.8 Å². The molecule has 0 saturated carbocycles. The molecule has 2 aliphatic rings. The molecule has 6 rings (SSSR count). The van der Waals surface area contributed by atoms with Gasteiger partial charge in [-0.3, -0.25) is 24.0 Å². The highest BCUT2D eigenvalue weighted by molar-refractivity contribution is 6.00. The number of nitrogens with two attached hydrogens (primary N) is 1. The van der Waals surface area contributed by atoms with Crippen molar-refractivity contribution in [2.24, 2.45) is 5.73 Å². The minimum atomic E-state index is -1.42. The van der Waals surface area contributed by atoms with Gasteiger partial charge in [-0.1, -0.05) is 57.2 Å². The summed E-state index contributed by atoms with van der Waals surface area (Å²) in [7, 11) is 1.41. The van der Waals surface area contributed by atoms with Crippen LogP contribution in [0.25, 0.3) is 22.5 Å². The van der Waals surface area contributed by atoms with Crippen molar-refractivity contribution in [1.82, 2.24) is 41.5 Å². The maximum atomic E-state index is 14.7. The van der Waals surface area contributed by atoms with Gasteiger partial charge >= 0.3 is 0 Å². The first-order chi connectivity index (χ1) is 31.4. The molecule has 0 unspecified atom stereocenters. The zero-order valence-corrected chi connectivity index (χ0v) is 38.6. The standard InChI is InChI=1S/C49H60N10O7/c1-27-41(28(2)55-43(54-27)31-9-12-33(13-10-31)49(4,5)6)46(63)57-37(16-19-50)48(65)59(7)42-32-11-14-39(60)35(26-32)36-24-30(8-15-40(36)66-34-17-21-52-22-18-34)25-38(45(62)53-23-20-51)58-44(61)29(3)56-47(42)64/h8-15,24,26,29,34,37-38,42,52,60H,16-19,21-23,25,50H2,1-7H3,(H,53,62)(H,56,64)(H,57,63)(H,58,61)/t29-,37-,38-,42-/m0/s1. The van der Waals surface area contributed by atoms with Gasteiger partial charge in [0.05, 0.1) is 23.0 Å². The second kappa shape index (κ2) is 20.9. The van der Waals surface area contributed by atoms with E-state index in [9.17, 15) is 34.3 Å². The molecular formula is C49H60N10O7. The molecule has 0 spiro atoms. The predicted octanol–water partition coefficient (Wildman–Crippen LogP) is 3.39. The number of nitrogens with one attached hydrogen (secondary N) is 5. The molecule has 4 bridgehead atoms. The molecule has 17 heteroatoms. The molecule has 5 amide bonds. The number of carbonyl (C=O) groups is 5. The Morgan fingerprint density at radius 3 is 2.29 bits per heavy atom. The van der Waals surface area contributed by atoms with Crippen molar-refractivity contribution in [3.63, 3.8) is 0 Å². The topological polar surface area (TPSA) is 254 Å². The third-order valence-electron chi connectivity index (χ3n) is 12.0. The van der Waals surface area contributed by atoms with Crippen LogP contribution in [0.4, 0.5) is 0 Å². The molecular weight excluding hydrogens is 841 g/mol. The van der Waals surface area contributed by atoms with Crippen LogP contribution >= 0.6 is 0 Å². The Balaban J connectivity index is 1.36. The summed E-state index contributed by atoms with van der Waals surface area (Å²) in [6.07, 6.45) is 1.33. The number of nitriles is 1. The number of rotatable bonds is 11. The smallest absolute Gasteiger partial charge is 0.255 e. The number of aromatic nitrogens is 2. The Bertz CT molecular complexity index is 2490. The van der Waals surface area contributed by atoms with Crippen LogP contribution in [-0.4, -0.2) is 107 Å². The van der Waals surface area contributed by atoms with E-state index >= 15 is 0 Å². The Morgan fingerprint density at radius 2 is 1.65 bits per heavy atom. The van der Waals surface area contributed by atoms with Gasteiger partial charge in [-0.25, -0.2) is 9.97 Å². The number of carbonyl (C=O) groups excluding carboxylic acids is 5. The van der Waals surface area contributed by atoms with Crippen molar-refractivity contribution in [2.45, 2.75) is 103 Å². The van der Waals surface area contributed by atoms with Crippen molar-refractivity contribution in [3.05, 3.63) is 94.3 Å². The minimum Gasteiger partial charge on any atom is -0.507 e. The van der Waals surface area contributed by atoms with E-state index in [0.29, 0.717) is 34.1 Å². The van der Waals surface area contributed by atoms with E-state index in [0.717, 1.165) is 37.1 Å². The lowest BCUT2D eigenvalue weighted by atomic mass is 9.86. The first-order valence-electron chi connectivity index (χ1n) is 22.2. The zero-order chi connectivity index (χ0) is 47.9. The van der Waals surface area contributed by atoms with Gasteiger partial charge < -0.3 is 47.1 Å². The summed E-state index contributed by atoms with van der Waals surface area (Å²) in [6.45, 7) is 12.4. The zero-order valence-electron chi connectivity index (χ0n) is 38.6. The Hall–Kier alpha value is -6.90. The number of piperidine rings is 1. The molecule has 66 heavy (non-hydrogen) atoms. The molecule has 4 aromatic rings. The van der Waals surface area contributed by atoms with Crippen molar-refractivity contribution in [1.29, 1.82) is 5.26 Å². The van der Waals surface area contributed by atoms with Gasteiger partial charge in [0, 0.05) is 30.2 Å². The first-order valence-corrected chi connectivity index (χ1v) is 22.2. The van der Waals surface area contributed by atoms with Crippen LogP contribution in [0.5, 0.6) is 11.5 Å². The summed E-state index contributed by atoms with van der Waals surface area (Å²) >= 11 is 0. The highest BCUT2D eigenvalue weighted by Crippen LogP contribution is 2.40. The molecule has 17 nitrogen and oxygen atoms in total. The third-order valence-corrected chi connectivity index (χ3v) is 12.0. The van der Waals surface area contributed by atoms with Crippen molar-refractivity contribution in [2.75, 3.05) is 33.2 Å². The van der Waals surface area contributed by atoms with E-state index in [1.165, 1.54) is 31.0 Å². The number of hydrogen-bond acceptors (Lipinski definition) is 12. The number of phenolic OH excluding ortho intramolecular Hbond substituents is 1. The second-order valence-corrected chi connectivity index (χ2v) is 17.9. The number of phenols is 1. The average Bonchev–Trinajstić information content (AvgIpc) is 3.28. The molecule has 3 heterocycles. The van der Waals surface area contributed by atoms with E-state index < -0.39 is 53.7 Å². The van der Waals surface area contributed by atoms with Crippen LogP contribution in [0.15, 0.2) is 60.7 Å². The molecule has 0 aliphatic carbocycles. The molecule has 1 saturated heterocycles. The van der Waals surface area contributed by atoms with E-state index in [-0.39, 0.29) is 59.9 Å². The van der Waals surface area contributed by atoms with Gasteiger partial charge in [-0.05, 0) is 106 Å². The van der Waals surface area contributed by atoms with Gasteiger partial charge in [-0.15, -0.1) is 0 Å². The number of likely N-dealkylation sites (N-methyl/N-ethyl adjacent to an activating group) is 1. The summed E-state index contributed by atoms with van der Waals surface area (Å²) in [4.78, 5) is 80.9. The SMILES string of the molecule is Cc1nc(-c2ccc(C(C)(C)C)cc2)nc(C)c1C(=O)N[C@@H](CCN)C(=O)N(C)[C@@H]1C(=O)N[C@@H](C)C(=O)N[C@H](C(=O)NCC#N)Cc2ccc(OC3CCNCC3)c(c2)-c2cc1ccc2O. The van der Waals surface area contributed by atoms with Crippen LogP contribution in [0.2, 0.25) is 0 Å². The fourth-order valence-electron chi connectivity index (χ4n) is 8.27. The van der Waals surface area contributed by atoms with E-state index in [1.54, 1.807) is 38.1 Å². The maximum Gasteiger partial charge on any atom is 0.255 e. The highest BCUT2D eigenvalue weighted by atomic mass is 16.5. The number of aromatic hydroxyl groups is 1. The second-order valence-electron chi connectivity index (χ2n) is 17.9. The first kappa shape index (κ1) is 48.6. The monoisotopic (exact) mass is 900 g/mol. The maximum absolute atomic E-state index is 14.7. The van der Waals surface area contributed by atoms with Gasteiger partial charge in [0.1, 0.15) is 48.3 Å². The molecule has 1 aromatic heterocycles. The Labute approximate surface area is 385 Å². The van der Waals surface area contributed by atoms with E-state index in [2.05, 4.69) is 57.3 Å². The van der Waals surface area contributed by atoms with Gasteiger partial charge in [0.25, 0.3) is 5.91 Å². The van der Waals surface area contributed by atoms with Gasteiger partial charge in [-0.2, -0.15) is 5.26 Å². The molecule has 348 valence electrons. The molecule has 8 N–H and O–H groups in total. The average molecular weight is 901 g/mol.